The lowest BCUT2D eigenvalue weighted by molar-refractivity contribution is 0.206. The van der Waals surface area contributed by atoms with Crippen molar-refractivity contribution in [3.63, 3.8) is 0 Å². The molecule has 1 aromatic heterocycles. The average molecular weight is 393 g/mol. The van der Waals surface area contributed by atoms with E-state index in [2.05, 4.69) is 22.5 Å². The Morgan fingerprint density at radius 1 is 1.07 bits per heavy atom. The van der Waals surface area contributed by atoms with Gasteiger partial charge < -0.3 is 15.0 Å². The van der Waals surface area contributed by atoms with Crippen molar-refractivity contribution in [1.82, 2.24) is 20.0 Å². The number of rotatable bonds is 7. The van der Waals surface area contributed by atoms with Gasteiger partial charge >= 0.3 is 6.03 Å². The van der Waals surface area contributed by atoms with E-state index in [1.54, 1.807) is 19.1 Å². The van der Waals surface area contributed by atoms with E-state index in [1.165, 1.54) is 5.56 Å². The van der Waals surface area contributed by atoms with Crippen molar-refractivity contribution in [2.75, 3.05) is 14.2 Å². The molecule has 29 heavy (non-hydrogen) atoms. The van der Waals surface area contributed by atoms with Gasteiger partial charge in [-0.2, -0.15) is 5.10 Å². The second kappa shape index (κ2) is 9.28. The largest absolute Gasteiger partial charge is 0.497 e. The van der Waals surface area contributed by atoms with Crippen LogP contribution in [0.4, 0.5) is 4.79 Å². The summed E-state index contributed by atoms with van der Waals surface area (Å²) in [5.41, 5.74) is 5.33. The lowest BCUT2D eigenvalue weighted by atomic mass is 10.2. The van der Waals surface area contributed by atoms with Crippen LogP contribution in [0.2, 0.25) is 0 Å². The summed E-state index contributed by atoms with van der Waals surface area (Å²) in [7, 11) is 3.43. The molecule has 152 valence electrons. The van der Waals surface area contributed by atoms with E-state index in [9.17, 15) is 4.79 Å². The molecule has 0 saturated heterocycles. The summed E-state index contributed by atoms with van der Waals surface area (Å²) in [6, 6.07) is 17.8. The average Bonchev–Trinajstić information content (AvgIpc) is 3.00. The fourth-order valence-corrected chi connectivity index (χ4v) is 3.28. The van der Waals surface area contributed by atoms with Crippen LogP contribution in [0.25, 0.3) is 0 Å². The molecule has 1 heterocycles. The summed E-state index contributed by atoms with van der Waals surface area (Å²) in [6.45, 7) is 5.74. The Hall–Kier alpha value is -3.28. The minimum absolute atomic E-state index is 0.115. The van der Waals surface area contributed by atoms with Crippen LogP contribution in [-0.2, 0) is 19.6 Å². The van der Waals surface area contributed by atoms with Crippen molar-refractivity contribution in [2.24, 2.45) is 0 Å². The van der Waals surface area contributed by atoms with Crippen molar-refractivity contribution in [1.29, 1.82) is 0 Å². The van der Waals surface area contributed by atoms with Crippen LogP contribution < -0.4 is 10.1 Å². The van der Waals surface area contributed by atoms with Crippen LogP contribution in [0, 0.1) is 13.8 Å². The van der Waals surface area contributed by atoms with Gasteiger partial charge in [0.2, 0.25) is 0 Å². The molecule has 0 spiro atoms. The predicted molar refractivity (Wildman–Crippen MR) is 114 cm³/mol. The number of amides is 2. The number of urea groups is 1. The maximum Gasteiger partial charge on any atom is 0.317 e. The second-order valence-electron chi connectivity index (χ2n) is 7.16. The van der Waals surface area contributed by atoms with E-state index in [0.29, 0.717) is 13.1 Å². The molecular weight excluding hydrogens is 364 g/mol. The smallest absolute Gasteiger partial charge is 0.317 e. The van der Waals surface area contributed by atoms with Crippen LogP contribution in [0.5, 0.6) is 5.75 Å². The topological polar surface area (TPSA) is 59.4 Å². The molecular formula is C23H28N4O2. The van der Waals surface area contributed by atoms with E-state index < -0.39 is 0 Å². The first kappa shape index (κ1) is 20.5. The Morgan fingerprint density at radius 3 is 2.41 bits per heavy atom. The third-order valence-corrected chi connectivity index (χ3v) is 5.05. The molecule has 0 unspecified atom stereocenters. The van der Waals surface area contributed by atoms with Crippen LogP contribution in [0.3, 0.4) is 0 Å². The molecule has 1 N–H and O–H groups in total. The van der Waals surface area contributed by atoms with Crippen LogP contribution >= 0.6 is 0 Å². The number of ether oxygens (including phenoxy) is 1. The molecule has 2 aromatic carbocycles. The summed E-state index contributed by atoms with van der Waals surface area (Å²) >= 11 is 0. The molecule has 2 amide bonds. The molecule has 6 heteroatoms. The highest BCUT2D eigenvalue weighted by Gasteiger charge is 2.14. The van der Waals surface area contributed by atoms with Crippen molar-refractivity contribution < 1.29 is 9.53 Å². The van der Waals surface area contributed by atoms with Gasteiger partial charge in [-0.15, -0.1) is 0 Å². The molecule has 0 fully saturated rings. The molecule has 0 atom stereocenters. The number of nitrogens with zero attached hydrogens (tertiary/aromatic N) is 3. The fourth-order valence-electron chi connectivity index (χ4n) is 3.28. The Bertz CT molecular complexity index is 949. The molecule has 0 aliphatic rings. The molecule has 0 aliphatic carbocycles. The van der Waals surface area contributed by atoms with Crippen LogP contribution in [-0.4, -0.2) is 34.9 Å². The quantitative estimate of drug-likeness (QED) is 0.663. The first-order chi connectivity index (χ1) is 14.0. The van der Waals surface area contributed by atoms with Gasteiger partial charge in [-0.3, -0.25) is 4.68 Å². The number of hydrogen-bond acceptors (Lipinski definition) is 3. The van der Waals surface area contributed by atoms with Crippen molar-refractivity contribution in [3.8, 4) is 5.75 Å². The lowest BCUT2D eigenvalue weighted by Gasteiger charge is -2.18. The third-order valence-electron chi connectivity index (χ3n) is 5.05. The highest BCUT2D eigenvalue weighted by atomic mass is 16.5. The van der Waals surface area contributed by atoms with E-state index in [-0.39, 0.29) is 6.03 Å². The van der Waals surface area contributed by atoms with Gasteiger partial charge in [0.1, 0.15) is 5.75 Å². The van der Waals surface area contributed by atoms with E-state index >= 15 is 0 Å². The van der Waals surface area contributed by atoms with Gasteiger partial charge in [0, 0.05) is 31.4 Å². The van der Waals surface area contributed by atoms with Gasteiger partial charge in [-0.25, -0.2) is 4.79 Å². The van der Waals surface area contributed by atoms with Crippen molar-refractivity contribution >= 4 is 6.03 Å². The summed E-state index contributed by atoms with van der Waals surface area (Å²) < 4.78 is 7.16. The normalized spacial score (nSPS) is 10.6. The number of aryl methyl sites for hydroxylation is 1. The number of aromatic nitrogens is 2. The predicted octanol–water partition coefficient (Wildman–Crippen LogP) is 3.90. The highest BCUT2D eigenvalue weighted by molar-refractivity contribution is 5.73. The molecule has 0 radical (unpaired) electrons. The molecule has 0 aliphatic heterocycles. The Kier molecular flexibility index (Phi) is 6.54. The highest BCUT2D eigenvalue weighted by Crippen LogP contribution is 2.15. The molecule has 3 aromatic rings. The van der Waals surface area contributed by atoms with Crippen LogP contribution in [0.15, 0.2) is 54.6 Å². The number of hydrogen-bond donors (Lipinski definition) is 1. The third kappa shape index (κ3) is 5.16. The van der Waals surface area contributed by atoms with Crippen molar-refractivity contribution in [3.05, 3.63) is 82.7 Å². The molecule has 6 nitrogen and oxygen atoms in total. The number of nitrogens with one attached hydrogen (secondary N) is 1. The summed E-state index contributed by atoms with van der Waals surface area (Å²) in [5, 5.41) is 7.66. The minimum atomic E-state index is -0.115. The van der Waals surface area contributed by atoms with Gasteiger partial charge in [0.15, 0.2) is 0 Å². The van der Waals surface area contributed by atoms with Gasteiger partial charge in [0.05, 0.1) is 19.3 Å². The zero-order chi connectivity index (χ0) is 20.8. The Labute approximate surface area is 172 Å². The standard InChI is InChI=1S/C23H28N4O2/c1-17-22(18(2)27(25-17)16-19-8-6-5-7-9-19)14-24-23(28)26(3)15-20-10-12-21(29-4)13-11-20/h5-13H,14-16H2,1-4H3,(H,24,28). The summed E-state index contributed by atoms with van der Waals surface area (Å²) in [5.74, 6) is 0.805. The number of benzene rings is 2. The fraction of sp³-hybridized carbons (Fsp3) is 0.304. The lowest BCUT2D eigenvalue weighted by Crippen LogP contribution is -2.36. The SMILES string of the molecule is COc1ccc(CN(C)C(=O)NCc2c(C)nn(Cc3ccccc3)c2C)cc1. The zero-order valence-electron chi connectivity index (χ0n) is 17.5. The second-order valence-corrected chi connectivity index (χ2v) is 7.16. The zero-order valence-corrected chi connectivity index (χ0v) is 17.5. The van der Waals surface area contributed by atoms with Gasteiger partial charge in [0.25, 0.3) is 0 Å². The minimum Gasteiger partial charge on any atom is -0.497 e. The summed E-state index contributed by atoms with van der Waals surface area (Å²) in [4.78, 5) is 14.2. The van der Waals surface area contributed by atoms with Gasteiger partial charge in [-0.1, -0.05) is 42.5 Å². The van der Waals surface area contributed by atoms with Gasteiger partial charge in [-0.05, 0) is 37.1 Å². The van der Waals surface area contributed by atoms with E-state index in [0.717, 1.165) is 34.8 Å². The number of methoxy groups -OCH3 is 1. The molecule has 3 rings (SSSR count). The first-order valence-corrected chi connectivity index (χ1v) is 9.66. The van der Waals surface area contributed by atoms with Crippen LogP contribution in [0.1, 0.15) is 28.1 Å². The summed E-state index contributed by atoms with van der Waals surface area (Å²) in [6.07, 6.45) is 0. The maximum absolute atomic E-state index is 12.5. The Morgan fingerprint density at radius 2 is 1.76 bits per heavy atom. The number of carbonyl (C=O) groups excluding carboxylic acids is 1. The van der Waals surface area contributed by atoms with Crippen molar-refractivity contribution in [2.45, 2.75) is 33.5 Å². The van der Waals surface area contributed by atoms with E-state index in [1.807, 2.05) is 61.0 Å². The maximum atomic E-state index is 12.5. The monoisotopic (exact) mass is 392 g/mol. The molecule has 0 bridgehead atoms. The number of carbonyl (C=O) groups is 1. The molecule has 0 saturated carbocycles. The van der Waals surface area contributed by atoms with E-state index in [4.69, 9.17) is 4.74 Å². The Balaban J connectivity index is 1.59. The first-order valence-electron chi connectivity index (χ1n) is 9.66.